The quantitative estimate of drug-likeness (QED) is 0.476. The van der Waals surface area contributed by atoms with Gasteiger partial charge >= 0.3 is 0 Å². The molecule has 2 aliphatic rings. The fourth-order valence-electron chi connectivity index (χ4n) is 5.25. The number of fused-ring (bicyclic) bond motifs is 1. The van der Waals surface area contributed by atoms with Crippen LogP contribution in [0, 0.1) is 0 Å². The number of amides is 1. The van der Waals surface area contributed by atoms with Gasteiger partial charge < -0.3 is 23.7 Å². The highest BCUT2D eigenvalue weighted by molar-refractivity contribution is 5.95. The van der Waals surface area contributed by atoms with Gasteiger partial charge in [-0.25, -0.2) is 4.98 Å². The van der Waals surface area contributed by atoms with E-state index in [1.165, 1.54) is 6.42 Å². The zero-order chi connectivity index (χ0) is 25.1. The molecule has 0 fully saturated rings. The minimum atomic E-state index is 0.00629. The van der Waals surface area contributed by atoms with Crippen molar-refractivity contribution in [1.82, 2.24) is 14.5 Å². The maximum atomic E-state index is 13.8. The average molecular weight is 488 g/mol. The van der Waals surface area contributed by atoms with Gasteiger partial charge in [0.15, 0.2) is 0 Å². The van der Waals surface area contributed by atoms with E-state index in [4.69, 9.17) is 19.2 Å². The lowest BCUT2D eigenvalue weighted by molar-refractivity contribution is 0.0766. The molecular weight excluding hydrogens is 454 g/mol. The highest BCUT2D eigenvalue weighted by atomic mass is 16.5. The van der Waals surface area contributed by atoms with Crippen LogP contribution in [0.25, 0.3) is 17.0 Å². The minimum Gasteiger partial charge on any atom is -0.496 e. The molecule has 7 heteroatoms. The van der Waals surface area contributed by atoms with Crippen LogP contribution in [-0.4, -0.2) is 54.8 Å². The molecule has 5 rings (SSSR count). The summed E-state index contributed by atoms with van der Waals surface area (Å²) in [5, 5.41) is 0. The number of carbonyl (C=O) groups excluding carboxylic acids is 1. The van der Waals surface area contributed by atoms with Gasteiger partial charge in [0.05, 0.1) is 32.6 Å². The number of benzene rings is 2. The Morgan fingerprint density at radius 3 is 2.28 bits per heavy atom. The van der Waals surface area contributed by atoms with Gasteiger partial charge in [-0.2, -0.15) is 0 Å². The molecule has 3 aromatic rings. The second-order valence-corrected chi connectivity index (χ2v) is 9.20. The maximum Gasteiger partial charge on any atom is 0.274 e. The first-order chi connectivity index (χ1) is 17.6. The molecule has 2 aromatic carbocycles. The summed E-state index contributed by atoms with van der Waals surface area (Å²) in [4.78, 5) is 20.6. The molecule has 0 atom stereocenters. The third kappa shape index (κ3) is 4.45. The summed E-state index contributed by atoms with van der Waals surface area (Å²) in [5.74, 6) is 2.98. The summed E-state index contributed by atoms with van der Waals surface area (Å²) < 4.78 is 19.0. The molecule has 0 unspecified atom stereocenters. The molecule has 2 aliphatic heterocycles. The van der Waals surface area contributed by atoms with Crippen LogP contribution in [0.1, 0.15) is 47.4 Å². The summed E-state index contributed by atoms with van der Waals surface area (Å²) in [7, 11) is 4.91. The Labute approximate surface area is 212 Å². The molecule has 3 heterocycles. The molecule has 0 saturated heterocycles. The molecule has 36 heavy (non-hydrogen) atoms. The number of methoxy groups -OCH3 is 3. The highest BCUT2D eigenvalue weighted by Crippen LogP contribution is 2.41. The number of hydrogen-bond donors (Lipinski definition) is 0. The smallest absolute Gasteiger partial charge is 0.274 e. The summed E-state index contributed by atoms with van der Waals surface area (Å²) in [5.41, 5.74) is 4.75. The van der Waals surface area contributed by atoms with Gasteiger partial charge in [0.1, 0.15) is 28.8 Å². The van der Waals surface area contributed by atoms with Crippen LogP contribution in [0.5, 0.6) is 17.2 Å². The molecule has 1 amide bonds. The third-order valence-corrected chi connectivity index (χ3v) is 7.13. The normalized spacial score (nSPS) is 15.5. The van der Waals surface area contributed by atoms with Gasteiger partial charge in [0, 0.05) is 37.3 Å². The van der Waals surface area contributed by atoms with Crippen LogP contribution in [0.3, 0.4) is 0 Å². The van der Waals surface area contributed by atoms with Crippen molar-refractivity contribution in [2.75, 3.05) is 34.4 Å². The number of nitrogens with zero attached hydrogens (tertiary/aromatic N) is 3. The van der Waals surface area contributed by atoms with Crippen molar-refractivity contribution in [2.24, 2.45) is 0 Å². The largest absolute Gasteiger partial charge is 0.496 e. The Kier molecular flexibility index (Phi) is 6.98. The average Bonchev–Trinajstić information content (AvgIpc) is 3.12. The van der Waals surface area contributed by atoms with E-state index < -0.39 is 0 Å². The van der Waals surface area contributed by atoms with Crippen molar-refractivity contribution in [1.29, 1.82) is 0 Å². The van der Waals surface area contributed by atoms with Crippen molar-refractivity contribution < 1.29 is 19.0 Å². The molecule has 0 aliphatic carbocycles. The minimum absolute atomic E-state index is 0.00629. The van der Waals surface area contributed by atoms with Gasteiger partial charge in [-0.15, -0.1) is 0 Å². The second-order valence-electron chi connectivity index (χ2n) is 9.20. The fourth-order valence-corrected chi connectivity index (χ4v) is 5.25. The number of rotatable bonds is 6. The van der Waals surface area contributed by atoms with E-state index in [0.717, 1.165) is 54.0 Å². The topological polar surface area (TPSA) is 65.8 Å². The lowest BCUT2D eigenvalue weighted by Gasteiger charge is -2.27. The van der Waals surface area contributed by atoms with E-state index in [9.17, 15) is 4.79 Å². The first-order valence-corrected chi connectivity index (χ1v) is 12.6. The molecule has 188 valence electrons. The van der Waals surface area contributed by atoms with Crippen LogP contribution in [0.4, 0.5) is 0 Å². The van der Waals surface area contributed by atoms with Crippen LogP contribution >= 0.6 is 0 Å². The fraction of sp³-hybridized carbons (Fsp3) is 0.379. The van der Waals surface area contributed by atoms with Crippen LogP contribution in [-0.2, 0) is 13.0 Å². The molecule has 0 bridgehead atoms. The first kappa shape index (κ1) is 24.0. The van der Waals surface area contributed by atoms with Crippen molar-refractivity contribution >= 4 is 11.5 Å². The number of ether oxygens (including phenoxy) is 3. The van der Waals surface area contributed by atoms with Crippen molar-refractivity contribution in [3.63, 3.8) is 0 Å². The zero-order valence-corrected chi connectivity index (χ0v) is 21.3. The van der Waals surface area contributed by atoms with Gasteiger partial charge in [0.2, 0.25) is 0 Å². The summed E-state index contributed by atoms with van der Waals surface area (Å²) in [6, 6.07) is 13.9. The SMILES string of the molecule is COc1cc(OC)c(C2=CCN(C(=O)c3nc(-c4ccccc4)n4c3CCCCC4)CC2)c(OC)c1. The van der Waals surface area contributed by atoms with Crippen LogP contribution in [0.15, 0.2) is 48.5 Å². The second kappa shape index (κ2) is 10.5. The van der Waals surface area contributed by atoms with Crippen molar-refractivity contribution in [2.45, 2.75) is 38.6 Å². The van der Waals surface area contributed by atoms with Crippen LogP contribution in [0.2, 0.25) is 0 Å². The standard InChI is InChI=1S/C29H33N3O4/c1-34-22-18-24(35-2)26(25(19-22)36-3)20-13-16-31(17-14-20)29(33)27-23-12-8-5-9-15-32(23)28(30-27)21-10-6-4-7-11-21/h4,6-7,10-11,13,18-19H,5,8-9,12,14-17H2,1-3H3. The highest BCUT2D eigenvalue weighted by Gasteiger charge is 2.29. The maximum absolute atomic E-state index is 13.8. The molecule has 1 aromatic heterocycles. The lowest BCUT2D eigenvalue weighted by Crippen LogP contribution is -2.35. The Bertz CT molecular complexity index is 1250. The van der Waals surface area contributed by atoms with Crippen molar-refractivity contribution in [3.05, 3.63) is 65.5 Å². The van der Waals surface area contributed by atoms with Crippen molar-refractivity contribution in [3.8, 4) is 28.6 Å². The van der Waals surface area contributed by atoms with Crippen LogP contribution < -0.4 is 14.2 Å². The third-order valence-electron chi connectivity index (χ3n) is 7.13. The number of carbonyl (C=O) groups is 1. The van der Waals surface area contributed by atoms with E-state index in [1.807, 2.05) is 35.2 Å². The predicted molar refractivity (Wildman–Crippen MR) is 140 cm³/mol. The molecule has 0 saturated carbocycles. The monoisotopic (exact) mass is 487 g/mol. The Morgan fingerprint density at radius 1 is 0.889 bits per heavy atom. The van der Waals surface area contributed by atoms with Gasteiger partial charge in [-0.05, 0) is 31.3 Å². The zero-order valence-electron chi connectivity index (χ0n) is 21.3. The first-order valence-electron chi connectivity index (χ1n) is 12.6. The Morgan fingerprint density at radius 2 is 1.64 bits per heavy atom. The molecule has 7 nitrogen and oxygen atoms in total. The van der Waals surface area contributed by atoms with Gasteiger partial charge in [-0.1, -0.05) is 42.8 Å². The van der Waals surface area contributed by atoms with Gasteiger partial charge in [-0.3, -0.25) is 4.79 Å². The number of aromatic nitrogens is 2. The number of imidazole rings is 1. The summed E-state index contributed by atoms with van der Waals surface area (Å²) >= 11 is 0. The molecule has 0 radical (unpaired) electrons. The van der Waals surface area contributed by atoms with E-state index >= 15 is 0 Å². The predicted octanol–water partition coefficient (Wildman–Crippen LogP) is 5.23. The molecule has 0 spiro atoms. The van der Waals surface area contributed by atoms with E-state index in [-0.39, 0.29) is 5.91 Å². The lowest BCUT2D eigenvalue weighted by atomic mass is 9.97. The Hall–Kier alpha value is -3.74. The Balaban J connectivity index is 1.45. The van der Waals surface area contributed by atoms with E-state index in [2.05, 4.69) is 22.8 Å². The summed E-state index contributed by atoms with van der Waals surface area (Å²) in [6.07, 6.45) is 7.05. The summed E-state index contributed by atoms with van der Waals surface area (Å²) in [6.45, 7) is 2.02. The van der Waals surface area contributed by atoms with E-state index in [0.29, 0.717) is 42.5 Å². The molecular formula is C29H33N3O4. The van der Waals surface area contributed by atoms with E-state index in [1.54, 1.807) is 21.3 Å². The van der Waals surface area contributed by atoms with Gasteiger partial charge in [0.25, 0.3) is 5.91 Å². The number of hydrogen-bond acceptors (Lipinski definition) is 5. The molecule has 0 N–H and O–H groups in total.